The number of rotatable bonds is 10. The first-order valence-corrected chi connectivity index (χ1v) is 11.3. The molecule has 0 aromatic heterocycles. The van der Waals surface area contributed by atoms with Gasteiger partial charge in [-0.15, -0.1) is 0 Å². The van der Waals surface area contributed by atoms with E-state index in [1.54, 1.807) is 31.4 Å². The second-order valence-corrected chi connectivity index (χ2v) is 7.87. The highest BCUT2D eigenvalue weighted by Crippen LogP contribution is 2.31. The molecule has 0 radical (unpaired) electrons. The third kappa shape index (κ3) is 6.16. The number of benzene rings is 2. The van der Waals surface area contributed by atoms with Crippen LogP contribution in [-0.2, 0) is 4.74 Å². The third-order valence-corrected chi connectivity index (χ3v) is 5.66. The molecule has 3 rings (SSSR count). The zero-order valence-corrected chi connectivity index (χ0v) is 19.6. The topological polar surface area (TPSA) is 89.1 Å². The predicted octanol–water partition coefficient (Wildman–Crippen LogP) is 3.71. The lowest BCUT2D eigenvalue weighted by Gasteiger charge is -2.30. The highest BCUT2D eigenvalue weighted by Gasteiger charge is 2.22. The molecule has 0 bridgehead atoms. The van der Waals surface area contributed by atoms with E-state index in [4.69, 9.17) is 14.2 Å². The van der Waals surface area contributed by atoms with Crippen molar-refractivity contribution in [3.05, 3.63) is 47.5 Å². The number of methoxy groups -OCH3 is 3. The molecular formula is C25H33N3O5. The largest absolute Gasteiger partial charge is 0.496 e. The van der Waals surface area contributed by atoms with Crippen molar-refractivity contribution in [1.82, 2.24) is 5.32 Å². The van der Waals surface area contributed by atoms with Gasteiger partial charge in [-0.3, -0.25) is 9.59 Å². The van der Waals surface area contributed by atoms with E-state index >= 15 is 0 Å². The first-order valence-electron chi connectivity index (χ1n) is 11.3. The van der Waals surface area contributed by atoms with Crippen LogP contribution in [0.2, 0.25) is 0 Å². The van der Waals surface area contributed by atoms with E-state index in [0.717, 1.165) is 38.0 Å². The van der Waals surface area contributed by atoms with Gasteiger partial charge in [-0.1, -0.05) is 6.07 Å². The molecule has 1 saturated heterocycles. The summed E-state index contributed by atoms with van der Waals surface area (Å²) < 4.78 is 15.8. The van der Waals surface area contributed by atoms with Gasteiger partial charge in [0.1, 0.15) is 17.1 Å². The van der Waals surface area contributed by atoms with Crippen LogP contribution in [0, 0.1) is 0 Å². The van der Waals surface area contributed by atoms with E-state index in [9.17, 15) is 9.59 Å². The fourth-order valence-corrected chi connectivity index (χ4v) is 3.99. The average molecular weight is 456 g/mol. The van der Waals surface area contributed by atoms with Crippen LogP contribution in [0.1, 0.15) is 46.4 Å². The van der Waals surface area contributed by atoms with Gasteiger partial charge in [-0.25, -0.2) is 0 Å². The maximum Gasteiger partial charge on any atom is 0.263 e. The monoisotopic (exact) mass is 455 g/mol. The van der Waals surface area contributed by atoms with Gasteiger partial charge >= 0.3 is 0 Å². The number of piperidine rings is 1. The molecular weight excluding hydrogens is 422 g/mol. The van der Waals surface area contributed by atoms with E-state index in [1.807, 2.05) is 12.1 Å². The summed E-state index contributed by atoms with van der Waals surface area (Å²) in [4.78, 5) is 28.4. The van der Waals surface area contributed by atoms with Crippen LogP contribution in [0.15, 0.2) is 36.4 Å². The maximum absolute atomic E-state index is 13.1. The molecule has 0 atom stereocenters. The van der Waals surface area contributed by atoms with Crippen LogP contribution in [-0.4, -0.2) is 59.4 Å². The van der Waals surface area contributed by atoms with Crippen molar-refractivity contribution in [3.63, 3.8) is 0 Å². The van der Waals surface area contributed by atoms with Crippen molar-refractivity contribution in [1.29, 1.82) is 0 Å². The predicted molar refractivity (Wildman–Crippen MR) is 129 cm³/mol. The number of carbonyl (C=O) groups is 2. The lowest BCUT2D eigenvalue weighted by atomic mass is 10.1. The molecule has 1 aliphatic heterocycles. The van der Waals surface area contributed by atoms with Crippen LogP contribution >= 0.6 is 0 Å². The minimum absolute atomic E-state index is 0.169. The zero-order chi connectivity index (χ0) is 23.6. The van der Waals surface area contributed by atoms with Crippen LogP contribution in [0.5, 0.6) is 11.5 Å². The summed E-state index contributed by atoms with van der Waals surface area (Å²) in [7, 11) is 4.65. The summed E-state index contributed by atoms with van der Waals surface area (Å²) >= 11 is 0. The van der Waals surface area contributed by atoms with E-state index in [1.165, 1.54) is 20.6 Å². The van der Waals surface area contributed by atoms with Gasteiger partial charge in [0.15, 0.2) is 0 Å². The lowest BCUT2D eigenvalue weighted by molar-refractivity contribution is 0.0947. The Hall–Kier alpha value is -3.26. The number of amides is 2. The standard InChI is InChI=1S/C25H33N3O5/c1-31-16-8-13-26-24(29)19-17-18(11-12-20(19)28-14-5-4-6-15-28)27-25(30)23-21(32-2)9-7-10-22(23)33-3/h7,9-12,17H,4-6,8,13-16H2,1-3H3,(H,26,29)(H,27,30). The van der Waals surface area contributed by atoms with Crippen molar-refractivity contribution < 1.29 is 23.8 Å². The van der Waals surface area contributed by atoms with Crippen molar-refractivity contribution in [3.8, 4) is 11.5 Å². The van der Waals surface area contributed by atoms with Crippen LogP contribution in [0.4, 0.5) is 11.4 Å². The number of nitrogens with one attached hydrogen (secondary N) is 2. The number of hydrogen-bond acceptors (Lipinski definition) is 6. The Labute approximate surface area is 195 Å². The quantitative estimate of drug-likeness (QED) is 0.531. The SMILES string of the molecule is COCCCNC(=O)c1cc(NC(=O)c2c(OC)cccc2OC)ccc1N1CCCCC1. The summed E-state index contributed by atoms with van der Waals surface area (Å²) in [5, 5.41) is 5.86. The molecule has 2 N–H and O–H groups in total. The van der Waals surface area contributed by atoms with Gasteiger partial charge in [-0.2, -0.15) is 0 Å². The maximum atomic E-state index is 13.1. The van der Waals surface area contributed by atoms with Gasteiger partial charge in [0.25, 0.3) is 11.8 Å². The third-order valence-electron chi connectivity index (χ3n) is 5.66. The summed E-state index contributed by atoms with van der Waals surface area (Å²) in [6, 6.07) is 10.6. The van der Waals surface area contributed by atoms with Crippen molar-refractivity contribution in [2.45, 2.75) is 25.7 Å². The molecule has 8 nitrogen and oxygen atoms in total. The van der Waals surface area contributed by atoms with Crippen molar-refractivity contribution >= 4 is 23.2 Å². The molecule has 2 aromatic carbocycles. The van der Waals surface area contributed by atoms with Gasteiger partial charge in [0.2, 0.25) is 0 Å². The van der Waals surface area contributed by atoms with E-state index < -0.39 is 0 Å². The highest BCUT2D eigenvalue weighted by atomic mass is 16.5. The molecule has 1 aliphatic rings. The van der Waals surface area contributed by atoms with Gasteiger partial charge in [0, 0.05) is 44.7 Å². The Morgan fingerprint density at radius 2 is 1.64 bits per heavy atom. The summed E-state index contributed by atoms with van der Waals surface area (Å²) in [5.74, 6) is 0.278. The Kier molecular flexibility index (Phi) is 8.95. The van der Waals surface area contributed by atoms with Crippen LogP contribution < -0.4 is 25.0 Å². The van der Waals surface area contributed by atoms with Gasteiger partial charge in [-0.05, 0) is 56.0 Å². The van der Waals surface area contributed by atoms with Gasteiger partial charge < -0.3 is 29.7 Å². The summed E-state index contributed by atoms with van der Waals surface area (Å²) in [6.07, 6.45) is 4.12. The van der Waals surface area contributed by atoms with Gasteiger partial charge in [0.05, 0.1) is 19.8 Å². The van der Waals surface area contributed by atoms with Crippen LogP contribution in [0.3, 0.4) is 0 Å². The number of anilines is 2. The summed E-state index contributed by atoms with van der Waals surface area (Å²) in [6.45, 7) is 2.92. The number of nitrogens with zero attached hydrogens (tertiary/aromatic N) is 1. The van der Waals surface area contributed by atoms with Crippen molar-refractivity contribution in [2.24, 2.45) is 0 Å². The Morgan fingerprint density at radius 3 is 2.27 bits per heavy atom. The first-order chi connectivity index (χ1) is 16.1. The Bertz CT molecular complexity index is 935. The molecule has 0 aliphatic carbocycles. The zero-order valence-electron chi connectivity index (χ0n) is 19.6. The molecule has 1 fully saturated rings. The molecule has 8 heteroatoms. The normalized spacial score (nSPS) is 13.4. The number of hydrogen-bond donors (Lipinski definition) is 2. The fourth-order valence-electron chi connectivity index (χ4n) is 3.99. The molecule has 2 aromatic rings. The number of carbonyl (C=O) groups excluding carboxylic acids is 2. The minimum Gasteiger partial charge on any atom is -0.496 e. The molecule has 0 unspecified atom stereocenters. The van der Waals surface area contributed by atoms with E-state index in [0.29, 0.717) is 41.5 Å². The Morgan fingerprint density at radius 1 is 0.939 bits per heavy atom. The van der Waals surface area contributed by atoms with E-state index in [-0.39, 0.29) is 11.8 Å². The van der Waals surface area contributed by atoms with E-state index in [2.05, 4.69) is 15.5 Å². The van der Waals surface area contributed by atoms with Crippen molar-refractivity contribution in [2.75, 3.05) is 57.8 Å². The second-order valence-electron chi connectivity index (χ2n) is 7.87. The minimum atomic E-state index is -0.374. The lowest BCUT2D eigenvalue weighted by Crippen LogP contribution is -2.33. The molecule has 2 amide bonds. The molecule has 1 heterocycles. The molecule has 178 valence electrons. The number of ether oxygens (including phenoxy) is 3. The fraction of sp³-hybridized carbons (Fsp3) is 0.440. The average Bonchev–Trinajstić information content (AvgIpc) is 2.86. The molecule has 33 heavy (non-hydrogen) atoms. The summed E-state index contributed by atoms with van der Waals surface area (Å²) in [5.41, 5.74) is 2.25. The second kappa shape index (κ2) is 12.1. The molecule has 0 spiro atoms. The van der Waals surface area contributed by atoms with Crippen LogP contribution in [0.25, 0.3) is 0 Å². The molecule has 0 saturated carbocycles. The Balaban J connectivity index is 1.87. The highest BCUT2D eigenvalue weighted by molar-refractivity contribution is 6.09. The first kappa shape index (κ1) is 24.4. The smallest absolute Gasteiger partial charge is 0.263 e.